The Labute approximate surface area is 60.4 Å². The number of hydrogen-bond acceptors (Lipinski definition) is 2. The van der Waals surface area contributed by atoms with Crippen molar-refractivity contribution >= 4 is 5.97 Å². The number of aliphatic carboxylic acids is 1. The molecule has 1 fully saturated rings. The second-order valence-electron chi connectivity index (χ2n) is 2.91. The molecular weight excluding hydrogens is 130 g/mol. The van der Waals surface area contributed by atoms with E-state index in [0.717, 1.165) is 19.5 Å². The standard InChI is InChI=1S/C7H13NO2/c1-5-4-8-3-2-6(5)7(9)10/h5-6,8H,2-4H2,1H3,(H,9,10)/t5-,6+/m0/s1. The highest BCUT2D eigenvalue weighted by Crippen LogP contribution is 2.17. The van der Waals surface area contributed by atoms with Gasteiger partial charge in [0.25, 0.3) is 0 Å². The van der Waals surface area contributed by atoms with Gasteiger partial charge in [-0.25, -0.2) is 0 Å². The highest BCUT2D eigenvalue weighted by molar-refractivity contribution is 5.70. The van der Waals surface area contributed by atoms with Crippen molar-refractivity contribution in [1.29, 1.82) is 0 Å². The minimum Gasteiger partial charge on any atom is -0.481 e. The molecule has 2 atom stereocenters. The summed E-state index contributed by atoms with van der Waals surface area (Å²) in [5.41, 5.74) is 0. The van der Waals surface area contributed by atoms with E-state index < -0.39 is 5.97 Å². The summed E-state index contributed by atoms with van der Waals surface area (Å²) in [7, 11) is 0. The van der Waals surface area contributed by atoms with E-state index >= 15 is 0 Å². The number of rotatable bonds is 1. The molecular formula is C7H13NO2. The van der Waals surface area contributed by atoms with Crippen molar-refractivity contribution in [2.24, 2.45) is 11.8 Å². The van der Waals surface area contributed by atoms with E-state index in [1.807, 2.05) is 6.92 Å². The first-order chi connectivity index (χ1) is 4.72. The van der Waals surface area contributed by atoms with Gasteiger partial charge >= 0.3 is 5.97 Å². The zero-order chi connectivity index (χ0) is 7.56. The smallest absolute Gasteiger partial charge is 0.306 e. The van der Waals surface area contributed by atoms with Crippen molar-refractivity contribution in [2.45, 2.75) is 13.3 Å². The van der Waals surface area contributed by atoms with Gasteiger partial charge in [0, 0.05) is 0 Å². The quantitative estimate of drug-likeness (QED) is 0.555. The van der Waals surface area contributed by atoms with Crippen LogP contribution in [0.5, 0.6) is 0 Å². The van der Waals surface area contributed by atoms with E-state index in [1.165, 1.54) is 0 Å². The molecule has 0 unspecified atom stereocenters. The molecule has 1 heterocycles. The lowest BCUT2D eigenvalue weighted by Gasteiger charge is -2.25. The van der Waals surface area contributed by atoms with E-state index in [2.05, 4.69) is 5.32 Å². The van der Waals surface area contributed by atoms with Crippen molar-refractivity contribution in [3.05, 3.63) is 0 Å². The summed E-state index contributed by atoms with van der Waals surface area (Å²) in [5.74, 6) is -0.485. The largest absolute Gasteiger partial charge is 0.481 e. The maximum absolute atomic E-state index is 10.5. The Hall–Kier alpha value is -0.570. The van der Waals surface area contributed by atoms with E-state index in [-0.39, 0.29) is 11.8 Å². The Bertz CT molecular complexity index is 136. The van der Waals surface area contributed by atoms with Crippen LogP contribution < -0.4 is 5.32 Å². The minimum atomic E-state index is -0.644. The first-order valence-electron chi connectivity index (χ1n) is 3.65. The summed E-state index contributed by atoms with van der Waals surface area (Å²) < 4.78 is 0. The van der Waals surface area contributed by atoms with Crippen molar-refractivity contribution < 1.29 is 9.90 Å². The molecule has 0 radical (unpaired) electrons. The van der Waals surface area contributed by atoms with Gasteiger partial charge in [-0.3, -0.25) is 4.79 Å². The number of carboxylic acids is 1. The summed E-state index contributed by atoms with van der Waals surface area (Å²) in [6.07, 6.45) is 0.774. The third-order valence-corrected chi connectivity index (χ3v) is 2.10. The van der Waals surface area contributed by atoms with Crippen molar-refractivity contribution in [2.75, 3.05) is 13.1 Å². The van der Waals surface area contributed by atoms with Gasteiger partial charge in [-0.15, -0.1) is 0 Å². The maximum Gasteiger partial charge on any atom is 0.306 e. The predicted molar refractivity (Wildman–Crippen MR) is 37.8 cm³/mol. The average Bonchev–Trinajstić information content (AvgIpc) is 1.88. The van der Waals surface area contributed by atoms with Crippen LogP contribution in [-0.4, -0.2) is 24.2 Å². The second kappa shape index (κ2) is 3.01. The first-order valence-corrected chi connectivity index (χ1v) is 3.65. The van der Waals surface area contributed by atoms with Crippen LogP contribution in [0.15, 0.2) is 0 Å². The molecule has 2 N–H and O–H groups in total. The van der Waals surface area contributed by atoms with Crippen molar-refractivity contribution in [1.82, 2.24) is 5.32 Å². The summed E-state index contributed by atoms with van der Waals surface area (Å²) in [5, 5.41) is 11.8. The SMILES string of the molecule is C[C@H]1CNCC[C@H]1C(=O)O. The molecule has 0 spiro atoms. The van der Waals surface area contributed by atoms with Gasteiger partial charge in [0.15, 0.2) is 0 Å². The minimum absolute atomic E-state index is 0.124. The molecule has 1 aliphatic heterocycles. The van der Waals surface area contributed by atoms with Gasteiger partial charge in [0.1, 0.15) is 0 Å². The number of piperidine rings is 1. The molecule has 0 saturated carbocycles. The van der Waals surface area contributed by atoms with Crippen LogP contribution in [-0.2, 0) is 4.79 Å². The zero-order valence-electron chi connectivity index (χ0n) is 6.13. The fourth-order valence-electron chi connectivity index (χ4n) is 1.38. The lowest BCUT2D eigenvalue weighted by Crippen LogP contribution is -2.38. The summed E-state index contributed by atoms with van der Waals surface area (Å²) >= 11 is 0. The van der Waals surface area contributed by atoms with Gasteiger partial charge in [-0.05, 0) is 25.4 Å². The predicted octanol–water partition coefficient (Wildman–Crippen LogP) is 0.317. The molecule has 1 aliphatic rings. The highest BCUT2D eigenvalue weighted by Gasteiger charge is 2.26. The Morgan fingerprint density at radius 2 is 2.40 bits per heavy atom. The maximum atomic E-state index is 10.5. The molecule has 0 aromatic heterocycles. The number of hydrogen-bond donors (Lipinski definition) is 2. The van der Waals surface area contributed by atoms with Crippen LogP contribution in [0.1, 0.15) is 13.3 Å². The van der Waals surface area contributed by atoms with Crippen molar-refractivity contribution in [3.8, 4) is 0 Å². The van der Waals surface area contributed by atoms with E-state index in [0.29, 0.717) is 0 Å². The molecule has 1 saturated heterocycles. The van der Waals surface area contributed by atoms with Crippen LogP contribution in [0.4, 0.5) is 0 Å². The third kappa shape index (κ3) is 1.48. The third-order valence-electron chi connectivity index (χ3n) is 2.10. The topological polar surface area (TPSA) is 49.3 Å². The molecule has 0 aliphatic carbocycles. The summed E-state index contributed by atoms with van der Waals surface area (Å²) in [4.78, 5) is 10.5. The molecule has 58 valence electrons. The molecule has 3 heteroatoms. The normalized spacial score (nSPS) is 33.7. The lowest BCUT2D eigenvalue weighted by molar-refractivity contribution is -0.144. The average molecular weight is 143 g/mol. The first kappa shape index (κ1) is 7.54. The molecule has 0 aromatic rings. The van der Waals surface area contributed by atoms with Crippen LogP contribution in [0.2, 0.25) is 0 Å². The second-order valence-corrected chi connectivity index (χ2v) is 2.91. The number of nitrogens with one attached hydrogen (secondary N) is 1. The summed E-state index contributed by atoms with van der Waals surface area (Å²) in [6.45, 7) is 3.67. The Morgan fingerprint density at radius 1 is 1.70 bits per heavy atom. The fourth-order valence-corrected chi connectivity index (χ4v) is 1.38. The van der Waals surface area contributed by atoms with Gasteiger partial charge in [-0.2, -0.15) is 0 Å². The molecule has 0 amide bonds. The molecule has 3 nitrogen and oxygen atoms in total. The Kier molecular flexibility index (Phi) is 2.27. The van der Waals surface area contributed by atoms with Crippen LogP contribution in [0.25, 0.3) is 0 Å². The lowest BCUT2D eigenvalue weighted by atomic mass is 9.88. The number of carboxylic acid groups (broad SMARTS) is 1. The van der Waals surface area contributed by atoms with Crippen LogP contribution in [0, 0.1) is 11.8 Å². The van der Waals surface area contributed by atoms with Gasteiger partial charge < -0.3 is 10.4 Å². The van der Waals surface area contributed by atoms with Gasteiger partial charge in [0.05, 0.1) is 5.92 Å². The summed E-state index contributed by atoms with van der Waals surface area (Å²) in [6, 6.07) is 0. The van der Waals surface area contributed by atoms with E-state index in [9.17, 15) is 4.79 Å². The monoisotopic (exact) mass is 143 g/mol. The molecule has 0 aromatic carbocycles. The van der Waals surface area contributed by atoms with Gasteiger partial charge in [-0.1, -0.05) is 6.92 Å². The molecule has 10 heavy (non-hydrogen) atoms. The molecule has 0 bridgehead atoms. The van der Waals surface area contributed by atoms with Gasteiger partial charge in [0.2, 0.25) is 0 Å². The fraction of sp³-hybridized carbons (Fsp3) is 0.857. The van der Waals surface area contributed by atoms with E-state index in [4.69, 9.17) is 5.11 Å². The van der Waals surface area contributed by atoms with Crippen molar-refractivity contribution in [3.63, 3.8) is 0 Å². The van der Waals surface area contributed by atoms with Crippen LogP contribution >= 0.6 is 0 Å². The number of carbonyl (C=O) groups is 1. The Morgan fingerprint density at radius 3 is 2.80 bits per heavy atom. The Balaban J connectivity index is 2.47. The zero-order valence-corrected chi connectivity index (χ0v) is 6.13. The van der Waals surface area contributed by atoms with Crippen LogP contribution in [0.3, 0.4) is 0 Å². The highest BCUT2D eigenvalue weighted by atomic mass is 16.4. The van der Waals surface area contributed by atoms with E-state index in [1.54, 1.807) is 0 Å². The molecule has 1 rings (SSSR count).